The molecule has 0 unspecified atom stereocenters. The van der Waals surface area contributed by atoms with Gasteiger partial charge in [-0.25, -0.2) is 9.78 Å². The van der Waals surface area contributed by atoms with Crippen LogP contribution in [-0.2, 0) is 4.74 Å². The summed E-state index contributed by atoms with van der Waals surface area (Å²) in [6.07, 6.45) is 0. The Morgan fingerprint density at radius 3 is 2.89 bits per heavy atom. The summed E-state index contributed by atoms with van der Waals surface area (Å²) in [5, 5.41) is 4.59. The molecule has 0 fully saturated rings. The van der Waals surface area contributed by atoms with Gasteiger partial charge in [0, 0.05) is 5.69 Å². The summed E-state index contributed by atoms with van der Waals surface area (Å²) in [7, 11) is 0. The van der Waals surface area contributed by atoms with Crippen LogP contribution in [0.5, 0.6) is 0 Å². The molecule has 19 heavy (non-hydrogen) atoms. The van der Waals surface area contributed by atoms with Gasteiger partial charge in [-0.05, 0) is 25.1 Å². The first-order valence-corrected chi connectivity index (χ1v) is 7.08. The molecule has 7 heteroatoms. The van der Waals surface area contributed by atoms with E-state index in [0.717, 1.165) is 5.69 Å². The number of carbonyl (C=O) groups is 1. The Bertz CT molecular complexity index is 601. The molecule has 0 amide bonds. The first-order chi connectivity index (χ1) is 9.11. The number of rotatable bonds is 4. The monoisotopic (exact) mass is 316 g/mol. The van der Waals surface area contributed by atoms with E-state index < -0.39 is 5.97 Å². The molecule has 1 aromatic carbocycles. The third-order valence-electron chi connectivity index (χ3n) is 2.21. The fraction of sp³-hybridized carbons (Fsp3) is 0.167. The van der Waals surface area contributed by atoms with E-state index in [4.69, 9.17) is 27.9 Å². The highest BCUT2D eigenvalue weighted by Crippen LogP contribution is 2.30. The SMILES string of the molecule is CCOC(=O)c1ncsc1Nc1ccc(Cl)c(Cl)c1. The van der Waals surface area contributed by atoms with Crippen LogP contribution in [0.25, 0.3) is 0 Å². The standard InChI is InChI=1S/C12H10Cl2N2O2S/c1-2-18-12(17)10-11(19-6-15-10)16-7-3-4-8(13)9(14)5-7/h3-6,16H,2H2,1H3. The predicted octanol–water partition coefficient (Wildman–Crippen LogP) is 4.37. The zero-order chi connectivity index (χ0) is 13.8. The second-order valence-corrected chi connectivity index (χ2v) is 5.17. The molecule has 0 bridgehead atoms. The molecule has 0 aliphatic carbocycles. The number of halogens is 2. The normalized spacial score (nSPS) is 10.3. The second kappa shape index (κ2) is 6.23. The Kier molecular flexibility index (Phi) is 4.63. The van der Waals surface area contributed by atoms with Gasteiger partial charge < -0.3 is 10.1 Å². The Morgan fingerprint density at radius 1 is 1.42 bits per heavy atom. The molecule has 1 heterocycles. The molecule has 0 saturated heterocycles. The number of anilines is 2. The van der Waals surface area contributed by atoms with Crippen molar-refractivity contribution < 1.29 is 9.53 Å². The highest BCUT2D eigenvalue weighted by molar-refractivity contribution is 7.14. The van der Waals surface area contributed by atoms with E-state index in [9.17, 15) is 4.79 Å². The summed E-state index contributed by atoms with van der Waals surface area (Å²) in [6.45, 7) is 2.05. The fourth-order valence-electron chi connectivity index (χ4n) is 1.38. The summed E-state index contributed by atoms with van der Waals surface area (Å²) >= 11 is 13.1. The van der Waals surface area contributed by atoms with Gasteiger partial charge in [0.05, 0.1) is 22.2 Å². The van der Waals surface area contributed by atoms with Gasteiger partial charge in [-0.15, -0.1) is 11.3 Å². The van der Waals surface area contributed by atoms with Crippen LogP contribution >= 0.6 is 34.5 Å². The van der Waals surface area contributed by atoms with E-state index in [1.807, 2.05) is 0 Å². The molecule has 4 nitrogen and oxygen atoms in total. The van der Waals surface area contributed by atoms with Gasteiger partial charge in [-0.1, -0.05) is 23.2 Å². The molecule has 1 N–H and O–H groups in total. The lowest BCUT2D eigenvalue weighted by molar-refractivity contribution is 0.0521. The largest absolute Gasteiger partial charge is 0.461 e. The summed E-state index contributed by atoms with van der Waals surface area (Å²) in [5.41, 5.74) is 2.56. The summed E-state index contributed by atoms with van der Waals surface area (Å²) in [4.78, 5) is 15.7. The quantitative estimate of drug-likeness (QED) is 0.851. The summed E-state index contributed by atoms with van der Waals surface area (Å²) in [5.74, 6) is -0.452. The number of ether oxygens (including phenoxy) is 1. The van der Waals surface area contributed by atoms with Crippen molar-refractivity contribution in [2.75, 3.05) is 11.9 Å². The maximum Gasteiger partial charge on any atom is 0.360 e. The Hall–Kier alpha value is -1.30. The lowest BCUT2D eigenvalue weighted by Gasteiger charge is -2.07. The van der Waals surface area contributed by atoms with Crippen LogP contribution in [0.4, 0.5) is 10.7 Å². The van der Waals surface area contributed by atoms with Gasteiger partial charge in [0.2, 0.25) is 0 Å². The minimum atomic E-state index is -0.452. The minimum absolute atomic E-state index is 0.262. The zero-order valence-corrected chi connectivity index (χ0v) is 12.3. The lowest BCUT2D eigenvalue weighted by atomic mass is 10.3. The first kappa shape index (κ1) is 14.1. The summed E-state index contributed by atoms with van der Waals surface area (Å²) in [6, 6.07) is 5.12. The van der Waals surface area contributed by atoms with Gasteiger partial charge in [0.25, 0.3) is 0 Å². The number of benzene rings is 1. The molecule has 0 spiro atoms. The predicted molar refractivity (Wildman–Crippen MR) is 77.8 cm³/mol. The maximum atomic E-state index is 11.7. The van der Waals surface area contributed by atoms with Crippen LogP contribution in [0.2, 0.25) is 10.0 Å². The second-order valence-electron chi connectivity index (χ2n) is 3.50. The van der Waals surface area contributed by atoms with Crippen LogP contribution in [0.15, 0.2) is 23.7 Å². The van der Waals surface area contributed by atoms with Crippen LogP contribution in [0, 0.1) is 0 Å². The van der Waals surface area contributed by atoms with Crippen molar-refractivity contribution in [3.05, 3.63) is 39.4 Å². The number of thiazole rings is 1. The zero-order valence-electron chi connectivity index (χ0n) is 9.94. The Labute approximate surface area is 124 Å². The smallest absolute Gasteiger partial charge is 0.360 e. The van der Waals surface area contributed by atoms with Crippen LogP contribution in [0.1, 0.15) is 17.4 Å². The van der Waals surface area contributed by atoms with Crippen molar-refractivity contribution >= 4 is 51.2 Å². The Balaban J connectivity index is 2.21. The van der Waals surface area contributed by atoms with Gasteiger partial charge in [0.1, 0.15) is 5.00 Å². The number of carbonyl (C=O) groups excluding carboxylic acids is 1. The van der Waals surface area contributed by atoms with E-state index >= 15 is 0 Å². The van der Waals surface area contributed by atoms with Crippen molar-refractivity contribution in [3.63, 3.8) is 0 Å². The van der Waals surface area contributed by atoms with E-state index in [0.29, 0.717) is 21.7 Å². The van der Waals surface area contributed by atoms with Crippen molar-refractivity contribution in [1.82, 2.24) is 4.98 Å². The van der Waals surface area contributed by atoms with Gasteiger partial charge in [-0.2, -0.15) is 0 Å². The van der Waals surface area contributed by atoms with E-state index in [-0.39, 0.29) is 5.69 Å². The third-order valence-corrected chi connectivity index (χ3v) is 3.69. The maximum absolute atomic E-state index is 11.7. The summed E-state index contributed by atoms with van der Waals surface area (Å²) < 4.78 is 4.93. The van der Waals surface area contributed by atoms with E-state index in [2.05, 4.69) is 10.3 Å². The average molecular weight is 317 g/mol. The number of hydrogen-bond donors (Lipinski definition) is 1. The molecule has 2 rings (SSSR count). The number of hydrogen-bond acceptors (Lipinski definition) is 5. The first-order valence-electron chi connectivity index (χ1n) is 5.44. The number of esters is 1. The molecule has 0 aliphatic heterocycles. The molecule has 100 valence electrons. The van der Waals surface area contributed by atoms with Gasteiger partial charge >= 0.3 is 5.97 Å². The highest BCUT2D eigenvalue weighted by atomic mass is 35.5. The molecule has 0 radical (unpaired) electrons. The molecule has 1 aromatic heterocycles. The van der Waals surface area contributed by atoms with Crippen LogP contribution in [-0.4, -0.2) is 17.6 Å². The number of aromatic nitrogens is 1. The molecule has 0 aliphatic rings. The van der Waals surface area contributed by atoms with Crippen LogP contribution in [0.3, 0.4) is 0 Å². The van der Waals surface area contributed by atoms with Crippen LogP contribution < -0.4 is 5.32 Å². The molecular weight excluding hydrogens is 307 g/mol. The Morgan fingerprint density at radius 2 is 2.21 bits per heavy atom. The van der Waals surface area contributed by atoms with E-state index in [1.165, 1.54) is 11.3 Å². The topological polar surface area (TPSA) is 51.2 Å². The van der Waals surface area contributed by atoms with Crippen molar-refractivity contribution in [2.45, 2.75) is 6.92 Å². The van der Waals surface area contributed by atoms with Crippen molar-refractivity contribution in [1.29, 1.82) is 0 Å². The van der Waals surface area contributed by atoms with E-state index in [1.54, 1.807) is 30.6 Å². The van der Waals surface area contributed by atoms with Gasteiger partial charge in [0.15, 0.2) is 5.69 Å². The minimum Gasteiger partial charge on any atom is -0.461 e. The molecule has 2 aromatic rings. The fourth-order valence-corrected chi connectivity index (χ4v) is 2.37. The number of nitrogens with zero attached hydrogens (tertiary/aromatic N) is 1. The third kappa shape index (κ3) is 3.37. The van der Waals surface area contributed by atoms with Gasteiger partial charge in [-0.3, -0.25) is 0 Å². The number of nitrogens with one attached hydrogen (secondary N) is 1. The molecule has 0 saturated carbocycles. The molecular formula is C12H10Cl2N2O2S. The van der Waals surface area contributed by atoms with Crippen molar-refractivity contribution in [2.24, 2.45) is 0 Å². The average Bonchev–Trinajstić information content (AvgIpc) is 2.82. The molecule has 0 atom stereocenters. The lowest BCUT2D eigenvalue weighted by Crippen LogP contribution is -2.07. The highest BCUT2D eigenvalue weighted by Gasteiger charge is 2.16. The van der Waals surface area contributed by atoms with Crippen molar-refractivity contribution in [3.8, 4) is 0 Å².